The van der Waals surface area contributed by atoms with Crippen LogP contribution in [-0.4, -0.2) is 24.0 Å². The van der Waals surface area contributed by atoms with Crippen LogP contribution < -0.4 is 14.8 Å². The predicted molar refractivity (Wildman–Crippen MR) is 115 cm³/mol. The highest BCUT2D eigenvalue weighted by Gasteiger charge is 2.12. The molecule has 150 valence electrons. The Morgan fingerprint density at radius 3 is 2.40 bits per heavy atom. The lowest BCUT2D eigenvalue weighted by Crippen LogP contribution is -2.12. The lowest BCUT2D eigenvalue weighted by Gasteiger charge is -2.07. The molecule has 0 unspecified atom stereocenters. The van der Waals surface area contributed by atoms with Gasteiger partial charge in [0.25, 0.3) is 5.91 Å². The number of amides is 1. The predicted octanol–water partition coefficient (Wildman–Crippen LogP) is 4.58. The number of hydrogen-bond donors (Lipinski definition) is 2. The number of aromatic nitrogens is 1. The number of carbonyl (C=O) groups is 2. The Balaban J connectivity index is 1.39. The normalized spacial score (nSPS) is 10.6. The largest absolute Gasteiger partial charge is 0.497 e. The van der Waals surface area contributed by atoms with Gasteiger partial charge in [-0.3, -0.25) is 9.59 Å². The molecule has 0 radical (unpaired) electrons. The van der Waals surface area contributed by atoms with E-state index in [1.807, 2.05) is 24.3 Å². The Morgan fingerprint density at radius 1 is 0.933 bits per heavy atom. The molecule has 2 N–H and O–H groups in total. The molecule has 0 aliphatic rings. The van der Waals surface area contributed by atoms with Crippen molar-refractivity contribution < 1.29 is 19.1 Å². The van der Waals surface area contributed by atoms with Crippen molar-refractivity contribution in [2.45, 2.75) is 6.42 Å². The first kappa shape index (κ1) is 19.3. The fraction of sp³-hybridized carbons (Fsp3) is 0.0833. The minimum Gasteiger partial charge on any atom is -0.497 e. The number of hydrogen-bond acceptors (Lipinski definition) is 4. The third-order valence-corrected chi connectivity index (χ3v) is 4.69. The summed E-state index contributed by atoms with van der Waals surface area (Å²) in [6.45, 7) is 0. The van der Waals surface area contributed by atoms with Crippen LogP contribution in [0.2, 0.25) is 0 Å². The van der Waals surface area contributed by atoms with E-state index in [0.29, 0.717) is 17.0 Å². The Bertz CT molecular complexity index is 1180. The van der Waals surface area contributed by atoms with Crippen molar-refractivity contribution >= 4 is 28.5 Å². The smallest absolute Gasteiger partial charge is 0.315 e. The zero-order valence-corrected chi connectivity index (χ0v) is 16.3. The molecule has 0 atom stereocenters. The minimum absolute atomic E-state index is 0.125. The molecule has 4 aromatic rings. The average Bonchev–Trinajstić information content (AvgIpc) is 3.17. The van der Waals surface area contributed by atoms with E-state index in [1.165, 1.54) is 0 Å². The number of methoxy groups -OCH3 is 1. The number of nitrogens with one attached hydrogen (secondary N) is 2. The number of fused-ring (bicyclic) bond motifs is 1. The van der Waals surface area contributed by atoms with Gasteiger partial charge in [-0.05, 0) is 60.2 Å². The van der Waals surface area contributed by atoms with Crippen molar-refractivity contribution in [1.29, 1.82) is 0 Å². The van der Waals surface area contributed by atoms with E-state index in [2.05, 4.69) is 10.3 Å². The number of carbonyl (C=O) groups excluding carboxylic acids is 2. The minimum atomic E-state index is -0.375. The molecular formula is C24H20N2O4. The maximum absolute atomic E-state index is 12.4. The number of benzene rings is 3. The van der Waals surface area contributed by atoms with Crippen LogP contribution in [0.15, 0.2) is 79.0 Å². The monoisotopic (exact) mass is 400 g/mol. The molecule has 4 rings (SSSR count). The molecule has 0 bridgehead atoms. The van der Waals surface area contributed by atoms with Gasteiger partial charge in [0.15, 0.2) is 0 Å². The van der Waals surface area contributed by atoms with Crippen LogP contribution in [0.5, 0.6) is 11.5 Å². The van der Waals surface area contributed by atoms with Gasteiger partial charge < -0.3 is 19.8 Å². The summed E-state index contributed by atoms with van der Waals surface area (Å²) < 4.78 is 10.7. The van der Waals surface area contributed by atoms with Gasteiger partial charge in [-0.2, -0.15) is 0 Å². The van der Waals surface area contributed by atoms with Crippen LogP contribution in [0.25, 0.3) is 10.9 Å². The molecule has 0 aliphatic heterocycles. The number of rotatable bonds is 6. The topological polar surface area (TPSA) is 80.4 Å². The van der Waals surface area contributed by atoms with Crippen molar-refractivity contribution in [2.24, 2.45) is 0 Å². The molecule has 6 heteroatoms. The first-order valence-corrected chi connectivity index (χ1v) is 9.43. The van der Waals surface area contributed by atoms with E-state index < -0.39 is 0 Å². The van der Waals surface area contributed by atoms with Crippen LogP contribution in [0.1, 0.15) is 15.9 Å². The van der Waals surface area contributed by atoms with Gasteiger partial charge >= 0.3 is 5.97 Å². The van der Waals surface area contributed by atoms with Crippen molar-refractivity contribution in [3.63, 3.8) is 0 Å². The third kappa shape index (κ3) is 4.33. The second kappa shape index (κ2) is 8.53. The Kier molecular flexibility index (Phi) is 5.48. The van der Waals surface area contributed by atoms with E-state index in [-0.39, 0.29) is 18.3 Å². The van der Waals surface area contributed by atoms with Gasteiger partial charge in [0.2, 0.25) is 0 Å². The molecule has 0 saturated heterocycles. The zero-order valence-electron chi connectivity index (χ0n) is 16.3. The van der Waals surface area contributed by atoms with Gasteiger partial charge in [0, 0.05) is 28.4 Å². The Hall–Kier alpha value is -4.06. The highest BCUT2D eigenvalue weighted by molar-refractivity contribution is 6.04. The second-order valence-electron chi connectivity index (χ2n) is 6.72. The molecule has 0 fully saturated rings. The lowest BCUT2D eigenvalue weighted by molar-refractivity contribution is -0.133. The molecule has 6 nitrogen and oxygen atoms in total. The second-order valence-corrected chi connectivity index (χ2v) is 6.72. The fourth-order valence-corrected chi connectivity index (χ4v) is 3.15. The van der Waals surface area contributed by atoms with E-state index in [9.17, 15) is 9.59 Å². The number of anilines is 1. The summed E-state index contributed by atoms with van der Waals surface area (Å²) >= 11 is 0. The molecule has 30 heavy (non-hydrogen) atoms. The molecule has 0 spiro atoms. The average molecular weight is 400 g/mol. The SMILES string of the molecule is COc1ccc2[nH]cc(CC(=O)Oc3ccc(NC(=O)c4ccccc4)cc3)c2c1. The molecule has 3 aromatic carbocycles. The van der Waals surface area contributed by atoms with Crippen LogP contribution in [0.4, 0.5) is 5.69 Å². The molecule has 1 amide bonds. The van der Waals surface area contributed by atoms with Crippen molar-refractivity contribution in [3.05, 3.63) is 90.1 Å². The lowest BCUT2D eigenvalue weighted by atomic mass is 10.1. The van der Waals surface area contributed by atoms with Crippen molar-refractivity contribution in [3.8, 4) is 11.5 Å². The molecular weight excluding hydrogens is 380 g/mol. The number of aromatic amines is 1. The van der Waals surface area contributed by atoms with Crippen molar-refractivity contribution in [2.75, 3.05) is 12.4 Å². The first-order chi connectivity index (χ1) is 14.6. The van der Waals surface area contributed by atoms with Gasteiger partial charge in [-0.1, -0.05) is 18.2 Å². The maximum Gasteiger partial charge on any atom is 0.315 e. The van der Waals surface area contributed by atoms with Crippen LogP contribution in [-0.2, 0) is 11.2 Å². The fourth-order valence-electron chi connectivity index (χ4n) is 3.15. The van der Waals surface area contributed by atoms with E-state index in [4.69, 9.17) is 9.47 Å². The Morgan fingerprint density at radius 2 is 1.67 bits per heavy atom. The van der Waals surface area contributed by atoms with Crippen LogP contribution in [0.3, 0.4) is 0 Å². The molecule has 0 saturated carbocycles. The van der Waals surface area contributed by atoms with E-state index in [1.54, 1.807) is 61.8 Å². The molecule has 1 aromatic heterocycles. The summed E-state index contributed by atoms with van der Waals surface area (Å²) in [7, 11) is 1.60. The summed E-state index contributed by atoms with van der Waals surface area (Å²) in [6, 6.07) is 21.3. The van der Waals surface area contributed by atoms with Gasteiger partial charge in [-0.25, -0.2) is 0 Å². The third-order valence-electron chi connectivity index (χ3n) is 4.69. The van der Waals surface area contributed by atoms with E-state index >= 15 is 0 Å². The Labute approximate surface area is 173 Å². The zero-order chi connectivity index (χ0) is 20.9. The summed E-state index contributed by atoms with van der Waals surface area (Å²) in [5, 5.41) is 3.73. The van der Waals surface area contributed by atoms with E-state index in [0.717, 1.165) is 22.2 Å². The van der Waals surface area contributed by atoms with Gasteiger partial charge in [0.1, 0.15) is 11.5 Å². The highest BCUT2D eigenvalue weighted by atomic mass is 16.5. The number of esters is 1. The highest BCUT2D eigenvalue weighted by Crippen LogP contribution is 2.24. The standard InChI is InChI=1S/C24H20N2O4/c1-29-20-11-12-22-21(14-20)17(15-25-22)13-23(27)30-19-9-7-18(8-10-19)26-24(28)16-5-3-2-4-6-16/h2-12,14-15,25H,13H2,1H3,(H,26,28). The van der Waals surface area contributed by atoms with Gasteiger partial charge in [-0.15, -0.1) is 0 Å². The molecule has 0 aliphatic carbocycles. The quantitative estimate of drug-likeness (QED) is 0.367. The van der Waals surface area contributed by atoms with Crippen LogP contribution >= 0.6 is 0 Å². The summed E-state index contributed by atoms with van der Waals surface area (Å²) in [4.78, 5) is 27.7. The first-order valence-electron chi connectivity index (χ1n) is 9.43. The molecule has 1 heterocycles. The maximum atomic E-state index is 12.4. The van der Waals surface area contributed by atoms with Crippen molar-refractivity contribution in [1.82, 2.24) is 4.98 Å². The van der Waals surface area contributed by atoms with Crippen LogP contribution in [0, 0.1) is 0 Å². The number of H-pyrrole nitrogens is 1. The summed E-state index contributed by atoms with van der Waals surface area (Å²) in [5.41, 5.74) is 2.95. The summed E-state index contributed by atoms with van der Waals surface area (Å²) in [5.74, 6) is 0.565. The summed E-state index contributed by atoms with van der Waals surface area (Å²) in [6.07, 6.45) is 1.92. The van der Waals surface area contributed by atoms with Gasteiger partial charge in [0.05, 0.1) is 13.5 Å². The number of ether oxygens (including phenoxy) is 2.